The van der Waals surface area contributed by atoms with E-state index in [1.54, 1.807) is 12.1 Å². The molecule has 1 N–H and O–H groups in total. The summed E-state index contributed by atoms with van der Waals surface area (Å²) < 4.78 is 3.87. The summed E-state index contributed by atoms with van der Waals surface area (Å²) in [5.74, 6) is -0.127. The minimum absolute atomic E-state index is 0.127. The number of rotatable bonds is 4. The third-order valence-corrected chi connectivity index (χ3v) is 3.41. The molecule has 0 amide bonds. The minimum atomic E-state index is -0.127. The van der Waals surface area contributed by atoms with E-state index in [-0.39, 0.29) is 5.78 Å². The van der Waals surface area contributed by atoms with Crippen LogP contribution >= 0.6 is 11.5 Å². The Labute approximate surface area is 120 Å². The summed E-state index contributed by atoms with van der Waals surface area (Å²) in [7, 11) is 0. The molecule has 1 aromatic heterocycles. The van der Waals surface area contributed by atoms with E-state index < -0.39 is 0 Å². The first-order valence-corrected chi connectivity index (χ1v) is 6.86. The quantitative estimate of drug-likeness (QED) is 0.743. The van der Waals surface area contributed by atoms with Crippen LogP contribution in [0, 0.1) is 0 Å². The Kier molecular flexibility index (Phi) is 3.52. The van der Waals surface area contributed by atoms with Crippen LogP contribution in [-0.2, 0) is 0 Å². The summed E-state index contributed by atoms with van der Waals surface area (Å²) in [4.78, 5) is 12.4. The molecule has 0 aliphatic carbocycles. The average molecular weight is 281 g/mol. The van der Waals surface area contributed by atoms with Gasteiger partial charge in [0.1, 0.15) is 5.00 Å². The maximum atomic E-state index is 12.4. The summed E-state index contributed by atoms with van der Waals surface area (Å²) in [5.41, 5.74) is 1.86. The van der Waals surface area contributed by atoms with Crippen molar-refractivity contribution in [2.75, 3.05) is 5.32 Å². The van der Waals surface area contributed by atoms with Gasteiger partial charge in [-0.25, -0.2) is 0 Å². The number of carbonyl (C=O) groups is 1. The van der Waals surface area contributed by atoms with Gasteiger partial charge in [-0.1, -0.05) is 53.0 Å². The average Bonchev–Trinajstić information content (AvgIpc) is 2.96. The molecule has 0 fully saturated rings. The number of ketones is 1. The fraction of sp³-hybridized carbons (Fsp3) is 0. The summed E-state index contributed by atoms with van der Waals surface area (Å²) in [5, 5.41) is 7.78. The minimum Gasteiger partial charge on any atom is -0.344 e. The van der Waals surface area contributed by atoms with E-state index in [0.717, 1.165) is 5.69 Å². The third-order valence-electron chi connectivity index (χ3n) is 2.77. The number of benzene rings is 2. The van der Waals surface area contributed by atoms with E-state index in [0.29, 0.717) is 16.3 Å². The predicted octanol–water partition coefficient (Wildman–Crippen LogP) is 3.51. The monoisotopic (exact) mass is 281 g/mol. The second kappa shape index (κ2) is 5.63. The first-order chi connectivity index (χ1) is 9.84. The molecule has 0 unspecified atom stereocenters. The normalized spacial score (nSPS) is 10.2. The zero-order valence-corrected chi connectivity index (χ0v) is 11.3. The molecule has 5 heteroatoms. The highest BCUT2D eigenvalue weighted by Gasteiger charge is 2.18. The Bertz CT molecular complexity index is 710. The van der Waals surface area contributed by atoms with Crippen LogP contribution < -0.4 is 5.32 Å². The van der Waals surface area contributed by atoms with Crippen molar-refractivity contribution in [3.63, 3.8) is 0 Å². The number of nitrogens with one attached hydrogen (secondary N) is 1. The highest BCUT2D eigenvalue weighted by atomic mass is 32.1. The first kappa shape index (κ1) is 12.5. The van der Waals surface area contributed by atoms with Crippen LogP contribution in [0.4, 0.5) is 10.7 Å². The van der Waals surface area contributed by atoms with Gasteiger partial charge in [0.05, 0.1) is 0 Å². The van der Waals surface area contributed by atoms with E-state index in [2.05, 4.69) is 14.9 Å². The molecule has 20 heavy (non-hydrogen) atoms. The lowest BCUT2D eigenvalue weighted by molar-refractivity contribution is 0.103. The molecule has 0 spiro atoms. The standard InChI is InChI=1S/C15H11N3OS/c19-14(11-7-3-1-4-8-11)13-15(20-18-17-13)16-12-9-5-2-6-10-12/h1-10,16H. The van der Waals surface area contributed by atoms with E-state index in [1.165, 1.54) is 11.5 Å². The molecule has 0 saturated heterocycles. The van der Waals surface area contributed by atoms with Crippen LogP contribution in [-0.4, -0.2) is 15.4 Å². The zero-order chi connectivity index (χ0) is 13.8. The van der Waals surface area contributed by atoms with Gasteiger partial charge >= 0.3 is 0 Å². The molecule has 98 valence electrons. The van der Waals surface area contributed by atoms with Gasteiger partial charge in [-0.15, -0.1) is 5.10 Å². The van der Waals surface area contributed by atoms with Gasteiger partial charge in [0.2, 0.25) is 5.78 Å². The molecule has 0 bridgehead atoms. The van der Waals surface area contributed by atoms with Crippen LogP contribution in [0.25, 0.3) is 0 Å². The van der Waals surface area contributed by atoms with Crippen LogP contribution in [0.1, 0.15) is 16.1 Å². The Morgan fingerprint density at radius 3 is 2.30 bits per heavy atom. The van der Waals surface area contributed by atoms with Crippen LogP contribution in [0.3, 0.4) is 0 Å². The van der Waals surface area contributed by atoms with Crippen molar-refractivity contribution in [2.45, 2.75) is 0 Å². The second-order valence-electron chi connectivity index (χ2n) is 4.14. The molecule has 0 saturated carbocycles. The summed E-state index contributed by atoms with van der Waals surface area (Å²) >= 11 is 1.17. The number of nitrogens with zero attached hydrogens (tertiary/aromatic N) is 2. The van der Waals surface area contributed by atoms with E-state index in [4.69, 9.17) is 0 Å². The van der Waals surface area contributed by atoms with Gasteiger partial charge in [-0.3, -0.25) is 4.79 Å². The summed E-state index contributed by atoms with van der Waals surface area (Å²) in [6, 6.07) is 18.7. The smallest absolute Gasteiger partial charge is 0.216 e. The maximum Gasteiger partial charge on any atom is 0.216 e. The Hall–Kier alpha value is -2.53. The molecule has 3 aromatic rings. The maximum absolute atomic E-state index is 12.4. The van der Waals surface area contributed by atoms with Crippen molar-refractivity contribution >= 4 is 28.0 Å². The number of carbonyl (C=O) groups excluding carboxylic acids is 1. The molecule has 2 aromatic carbocycles. The van der Waals surface area contributed by atoms with Crippen LogP contribution in [0.15, 0.2) is 60.7 Å². The number of anilines is 2. The highest BCUT2D eigenvalue weighted by Crippen LogP contribution is 2.24. The van der Waals surface area contributed by atoms with Crippen molar-refractivity contribution in [1.82, 2.24) is 9.59 Å². The molecule has 3 rings (SSSR count). The Balaban J connectivity index is 1.89. The fourth-order valence-corrected chi connectivity index (χ4v) is 2.39. The lowest BCUT2D eigenvalue weighted by Crippen LogP contribution is -2.04. The zero-order valence-electron chi connectivity index (χ0n) is 10.5. The third kappa shape index (κ3) is 2.57. The van der Waals surface area contributed by atoms with Gasteiger partial charge in [-0.05, 0) is 12.1 Å². The van der Waals surface area contributed by atoms with Gasteiger partial charge in [0.25, 0.3) is 0 Å². The Morgan fingerprint density at radius 1 is 0.950 bits per heavy atom. The topological polar surface area (TPSA) is 54.9 Å². The predicted molar refractivity (Wildman–Crippen MR) is 79.5 cm³/mol. The molecular formula is C15H11N3OS. The van der Waals surface area contributed by atoms with Crippen molar-refractivity contribution in [1.29, 1.82) is 0 Å². The van der Waals surface area contributed by atoms with Crippen molar-refractivity contribution in [3.05, 3.63) is 71.9 Å². The van der Waals surface area contributed by atoms with Crippen LogP contribution in [0.5, 0.6) is 0 Å². The van der Waals surface area contributed by atoms with Crippen molar-refractivity contribution < 1.29 is 4.79 Å². The van der Waals surface area contributed by atoms with Crippen molar-refractivity contribution in [3.8, 4) is 0 Å². The number of hydrogen-bond acceptors (Lipinski definition) is 5. The molecule has 0 aliphatic rings. The second-order valence-corrected chi connectivity index (χ2v) is 4.89. The molecule has 0 aliphatic heterocycles. The van der Waals surface area contributed by atoms with Gasteiger partial charge in [0.15, 0.2) is 5.69 Å². The van der Waals surface area contributed by atoms with Gasteiger partial charge < -0.3 is 5.32 Å². The van der Waals surface area contributed by atoms with E-state index >= 15 is 0 Å². The number of aromatic nitrogens is 2. The lowest BCUT2D eigenvalue weighted by atomic mass is 10.1. The molecule has 1 heterocycles. The fourth-order valence-electron chi connectivity index (χ4n) is 1.80. The van der Waals surface area contributed by atoms with Gasteiger partial charge in [0, 0.05) is 22.8 Å². The summed E-state index contributed by atoms with van der Waals surface area (Å²) in [6.07, 6.45) is 0. The molecule has 0 atom stereocenters. The number of para-hydroxylation sites is 1. The Morgan fingerprint density at radius 2 is 1.60 bits per heavy atom. The van der Waals surface area contributed by atoms with E-state index in [1.807, 2.05) is 48.5 Å². The number of hydrogen-bond donors (Lipinski definition) is 1. The summed E-state index contributed by atoms with van der Waals surface area (Å²) in [6.45, 7) is 0. The first-order valence-electron chi connectivity index (χ1n) is 6.09. The van der Waals surface area contributed by atoms with Crippen LogP contribution in [0.2, 0.25) is 0 Å². The van der Waals surface area contributed by atoms with Gasteiger partial charge in [-0.2, -0.15) is 0 Å². The largest absolute Gasteiger partial charge is 0.344 e. The highest BCUT2D eigenvalue weighted by molar-refractivity contribution is 7.10. The van der Waals surface area contributed by atoms with E-state index in [9.17, 15) is 4.79 Å². The molecule has 0 radical (unpaired) electrons. The van der Waals surface area contributed by atoms with Crippen molar-refractivity contribution in [2.24, 2.45) is 0 Å². The molecular weight excluding hydrogens is 270 g/mol. The molecule has 4 nitrogen and oxygen atoms in total. The SMILES string of the molecule is O=C(c1ccccc1)c1nnsc1Nc1ccccc1. The lowest BCUT2D eigenvalue weighted by Gasteiger charge is -2.04.